The summed E-state index contributed by atoms with van der Waals surface area (Å²) in [4.78, 5) is 15.3. The number of hydrogen-bond donors (Lipinski definition) is 2. The molecule has 1 saturated heterocycles. The SMILES string of the molecule is O=C(NC1C2CC3CC1CC(O)(C3)C2)C1CN(Cc2ccccc2)CCO1. The maximum absolute atomic E-state index is 12.9. The molecule has 1 aromatic rings. The number of rotatable bonds is 4. The van der Waals surface area contributed by atoms with E-state index in [1.54, 1.807) is 0 Å². The molecule has 4 saturated carbocycles. The minimum Gasteiger partial charge on any atom is -0.390 e. The number of morpholine rings is 1. The quantitative estimate of drug-likeness (QED) is 0.850. The number of nitrogens with zero attached hydrogens (tertiary/aromatic N) is 1. The summed E-state index contributed by atoms with van der Waals surface area (Å²) in [6.07, 6.45) is 4.63. The van der Waals surface area contributed by atoms with Crippen molar-refractivity contribution in [2.45, 2.75) is 56.4 Å². The number of ether oxygens (including phenoxy) is 1. The highest BCUT2D eigenvalue weighted by Crippen LogP contribution is 2.55. The Hall–Kier alpha value is -1.43. The third kappa shape index (κ3) is 3.53. The van der Waals surface area contributed by atoms with Crippen LogP contribution in [0, 0.1) is 17.8 Å². The summed E-state index contributed by atoms with van der Waals surface area (Å²) in [5.74, 6) is 1.58. The lowest BCUT2D eigenvalue weighted by molar-refractivity contribution is -0.154. The minimum atomic E-state index is -0.453. The minimum absolute atomic E-state index is 0.0391. The Labute approximate surface area is 161 Å². The van der Waals surface area contributed by atoms with Crippen LogP contribution in [0.3, 0.4) is 0 Å². The molecule has 5 heteroatoms. The first-order valence-corrected chi connectivity index (χ1v) is 10.5. The molecule has 4 aliphatic carbocycles. The predicted octanol–water partition coefficient (Wildman–Crippen LogP) is 1.94. The maximum atomic E-state index is 12.9. The van der Waals surface area contributed by atoms with Crippen LogP contribution in [0.2, 0.25) is 0 Å². The highest BCUT2D eigenvalue weighted by molar-refractivity contribution is 5.81. The topological polar surface area (TPSA) is 61.8 Å². The van der Waals surface area contributed by atoms with Gasteiger partial charge in [-0.2, -0.15) is 0 Å². The molecule has 5 nitrogen and oxygen atoms in total. The van der Waals surface area contributed by atoms with Crippen LogP contribution < -0.4 is 5.32 Å². The molecule has 1 amide bonds. The number of nitrogens with one attached hydrogen (secondary N) is 1. The molecule has 2 N–H and O–H groups in total. The fourth-order valence-corrected chi connectivity index (χ4v) is 6.32. The van der Waals surface area contributed by atoms with Gasteiger partial charge in [0.2, 0.25) is 0 Å². The molecule has 1 aliphatic heterocycles. The van der Waals surface area contributed by atoms with Gasteiger partial charge < -0.3 is 15.2 Å². The third-order valence-electron chi connectivity index (χ3n) is 7.24. The first-order chi connectivity index (χ1) is 13.1. The maximum Gasteiger partial charge on any atom is 0.250 e. The van der Waals surface area contributed by atoms with Crippen LogP contribution in [0.5, 0.6) is 0 Å². The van der Waals surface area contributed by atoms with Gasteiger partial charge in [-0.15, -0.1) is 0 Å². The zero-order valence-corrected chi connectivity index (χ0v) is 15.8. The van der Waals surface area contributed by atoms with E-state index in [1.807, 2.05) is 6.07 Å². The molecular weight excluding hydrogens is 340 g/mol. The summed E-state index contributed by atoms with van der Waals surface area (Å²) in [5.41, 5.74) is 0.818. The standard InChI is InChI=1S/C22H30N2O3/c25-21(19-14-24(6-7-27-19)13-15-4-2-1-3-5-15)23-20-17-8-16-9-18(20)12-22(26,10-16)11-17/h1-5,16-20,26H,6-14H2,(H,23,25). The van der Waals surface area contributed by atoms with E-state index < -0.39 is 5.60 Å². The second kappa shape index (κ2) is 6.87. The van der Waals surface area contributed by atoms with Gasteiger partial charge >= 0.3 is 0 Å². The molecule has 1 aromatic carbocycles. The van der Waals surface area contributed by atoms with Crippen molar-refractivity contribution in [2.75, 3.05) is 19.7 Å². The Kier molecular flexibility index (Phi) is 4.49. The lowest BCUT2D eigenvalue weighted by Gasteiger charge is -2.58. The van der Waals surface area contributed by atoms with Crippen LogP contribution in [0.25, 0.3) is 0 Å². The molecule has 0 spiro atoms. The predicted molar refractivity (Wildman–Crippen MR) is 102 cm³/mol. The summed E-state index contributed by atoms with van der Waals surface area (Å²) in [5, 5.41) is 14.1. The molecule has 5 aliphatic rings. The van der Waals surface area contributed by atoms with Crippen molar-refractivity contribution < 1.29 is 14.6 Å². The number of benzene rings is 1. The van der Waals surface area contributed by atoms with Crippen molar-refractivity contribution >= 4 is 5.91 Å². The van der Waals surface area contributed by atoms with Crippen LogP contribution in [0.4, 0.5) is 0 Å². The highest BCUT2D eigenvalue weighted by atomic mass is 16.5. The van der Waals surface area contributed by atoms with Crippen molar-refractivity contribution in [3.8, 4) is 0 Å². The van der Waals surface area contributed by atoms with Crippen LogP contribution >= 0.6 is 0 Å². The van der Waals surface area contributed by atoms with E-state index in [1.165, 1.54) is 5.56 Å². The molecule has 1 heterocycles. The van der Waals surface area contributed by atoms with Crippen molar-refractivity contribution in [3.05, 3.63) is 35.9 Å². The van der Waals surface area contributed by atoms with Crippen LogP contribution in [0.15, 0.2) is 30.3 Å². The third-order valence-corrected chi connectivity index (χ3v) is 7.24. The number of carbonyl (C=O) groups is 1. The van der Waals surface area contributed by atoms with Crippen LogP contribution in [-0.4, -0.2) is 53.4 Å². The second-order valence-corrected chi connectivity index (χ2v) is 9.31. The number of amides is 1. The Morgan fingerprint density at radius 2 is 1.93 bits per heavy atom. The van der Waals surface area contributed by atoms with E-state index in [2.05, 4.69) is 34.5 Å². The highest BCUT2D eigenvalue weighted by Gasteiger charge is 2.55. The van der Waals surface area contributed by atoms with E-state index in [-0.39, 0.29) is 18.1 Å². The van der Waals surface area contributed by atoms with Gasteiger partial charge in [-0.1, -0.05) is 30.3 Å². The normalized spacial score (nSPS) is 40.9. The van der Waals surface area contributed by atoms with Gasteiger partial charge in [0.05, 0.1) is 12.2 Å². The largest absolute Gasteiger partial charge is 0.390 e. The molecule has 0 radical (unpaired) electrons. The first-order valence-electron chi connectivity index (χ1n) is 10.5. The molecule has 6 rings (SSSR count). The second-order valence-electron chi connectivity index (χ2n) is 9.31. The lowest BCUT2D eigenvalue weighted by atomic mass is 9.52. The summed E-state index contributed by atoms with van der Waals surface area (Å²) in [6, 6.07) is 10.6. The molecule has 146 valence electrons. The molecule has 3 unspecified atom stereocenters. The fourth-order valence-electron chi connectivity index (χ4n) is 6.32. The molecular formula is C22H30N2O3. The summed E-state index contributed by atoms with van der Waals surface area (Å²) >= 11 is 0. The average Bonchev–Trinajstić information content (AvgIpc) is 2.64. The van der Waals surface area contributed by atoms with Crippen molar-refractivity contribution in [3.63, 3.8) is 0 Å². The lowest BCUT2D eigenvalue weighted by Crippen LogP contribution is -2.63. The van der Waals surface area contributed by atoms with Crippen molar-refractivity contribution in [1.29, 1.82) is 0 Å². The van der Waals surface area contributed by atoms with Gasteiger partial charge in [0, 0.05) is 25.7 Å². The van der Waals surface area contributed by atoms with E-state index in [4.69, 9.17) is 4.74 Å². The Morgan fingerprint density at radius 1 is 1.19 bits per heavy atom. The molecule has 3 atom stereocenters. The number of hydrogen-bond acceptors (Lipinski definition) is 4. The number of aliphatic hydroxyl groups is 1. The molecule has 4 bridgehead atoms. The van der Waals surface area contributed by atoms with E-state index in [9.17, 15) is 9.90 Å². The Bertz CT molecular complexity index is 678. The average molecular weight is 370 g/mol. The summed E-state index contributed by atoms with van der Waals surface area (Å²) in [7, 11) is 0. The van der Waals surface area contributed by atoms with Gasteiger partial charge in [-0.3, -0.25) is 9.69 Å². The van der Waals surface area contributed by atoms with Crippen molar-refractivity contribution in [1.82, 2.24) is 10.2 Å². The van der Waals surface area contributed by atoms with Crippen LogP contribution in [0.1, 0.15) is 37.7 Å². The Balaban J connectivity index is 1.20. The van der Waals surface area contributed by atoms with Crippen molar-refractivity contribution in [2.24, 2.45) is 17.8 Å². The van der Waals surface area contributed by atoms with E-state index >= 15 is 0 Å². The summed E-state index contributed by atoms with van der Waals surface area (Å²) < 4.78 is 5.82. The van der Waals surface area contributed by atoms with Gasteiger partial charge in [0.25, 0.3) is 5.91 Å². The first kappa shape index (κ1) is 17.7. The Morgan fingerprint density at radius 3 is 2.63 bits per heavy atom. The fraction of sp³-hybridized carbons (Fsp3) is 0.682. The van der Waals surface area contributed by atoms with Gasteiger partial charge in [-0.05, 0) is 55.4 Å². The molecule has 0 aromatic heterocycles. The zero-order valence-electron chi connectivity index (χ0n) is 15.8. The summed E-state index contributed by atoms with van der Waals surface area (Å²) in [6.45, 7) is 2.97. The zero-order chi connectivity index (χ0) is 18.4. The van der Waals surface area contributed by atoms with Gasteiger partial charge in [-0.25, -0.2) is 0 Å². The smallest absolute Gasteiger partial charge is 0.250 e. The van der Waals surface area contributed by atoms with E-state index in [0.29, 0.717) is 30.9 Å². The molecule has 5 fully saturated rings. The van der Waals surface area contributed by atoms with Gasteiger partial charge in [0.1, 0.15) is 6.10 Å². The van der Waals surface area contributed by atoms with Crippen LogP contribution in [-0.2, 0) is 16.1 Å². The molecule has 27 heavy (non-hydrogen) atoms. The van der Waals surface area contributed by atoms with E-state index in [0.717, 1.165) is 45.2 Å². The monoisotopic (exact) mass is 370 g/mol. The van der Waals surface area contributed by atoms with Gasteiger partial charge in [0.15, 0.2) is 0 Å². The number of carbonyl (C=O) groups excluding carboxylic acids is 1.